The number of fused-ring (bicyclic) bond motifs is 1. The van der Waals surface area contributed by atoms with Crippen molar-refractivity contribution in [1.82, 2.24) is 0 Å². The number of hydrogen-bond donors (Lipinski definition) is 0. The molecule has 0 unspecified atom stereocenters. The Balaban J connectivity index is 2.02. The van der Waals surface area contributed by atoms with E-state index in [1.165, 1.54) is 0 Å². The Morgan fingerprint density at radius 3 is 2.80 bits per heavy atom. The van der Waals surface area contributed by atoms with Crippen molar-refractivity contribution in [2.45, 2.75) is 26.4 Å². The summed E-state index contributed by atoms with van der Waals surface area (Å²) in [7, 11) is 0. The number of benzene rings is 2. The molecule has 1 aliphatic heterocycles. The lowest BCUT2D eigenvalue weighted by atomic mass is 10.00. The Morgan fingerprint density at radius 2 is 2.12 bits per heavy atom. The third-order valence-electron chi connectivity index (χ3n) is 4.03. The van der Waals surface area contributed by atoms with Gasteiger partial charge in [-0.1, -0.05) is 30.3 Å². The fourth-order valence-corrected chi connectivity index (χ4v) is 2.90. The minimum absolute atomic E-state index is 0.0677. The van der Waals surface area contributed by atoms with Crippen molar-refractivity contribution in [3.05, 3.63) is 64.7 Å². The van der Waals surface area contributed by atoms with E-state index in [9.17, 15) is 10.1 Å². The number of hydrogen-bond acceptors (Lipinski definition) is 4. The molecule has 0 amide bonds. The third-order valence-corrected chi connectivity index (χ3v) is 4.03. The summed E-state index contributed by atoms with van der Waals surface area (Å²) in [5.41, 5.74) is 2.31. The molecule has 0 saturated heterocycles. The number of nitrogens with zero attached hydrogens (tertiary/aromatic N) is 1. The van der Waals surface area contributed by atoms with Gasteiger partial charge in [-0.25, -0.2) is 0 Å². The molecule has 0 aromatic heterocycles. The molecule has 0 fully saturated rings. The second kappa shape index (κ2) is 7.23. The van der Waals surface area contributed by atoms with Gasteiger partial charge in [0, 0.05) is 23.1 Å². The van der Waals surface area contributed by atoms with Gasteiger partial charge in [0.1, 0.15) is 29.2 Å². The van der Waals surface area contributed by atoms with Gasteiger partial charge in [-0.15, -0.1) is 0 Å². The molecule has 0 spiro atoms. The zero-order chi connectivity index (χ0) is 17.8. The van der Waals surface area contributed by atoms with Crippen LogP contribution in [0.2, 0.25) is 0 Å². The SMILES string of the molecule is CCOc1cc2c(cc1/C=C(\C#N)C(=O)c1ccccc1)O[C@H](C)C2. The first kappa shape index (κ1) is 16.8. The summed E-state index contributed by atoms with van der Waals surface area (Å²) in [5.74, 6) is 1.14. The van der Waals surface area contributed by atoms with Crippen LogP contribution in [0.3, 0.4) is 0 Å². The lowest BCUT2D eigenvalue weighted by molar-refractivity contribution is 0.104. The molecule has 3 rings (SSSR count). The fraction of sp³-hybridized carbons (Fsp3) is 0.238. The van der Waals surface area contributed by atoms with Crippen molar-refractivity contribution in [2.24, 2.45) is 0 Å². The lowest BCUT2D eigenvalue weighted by Gasteiger charge is -2.10. The van der Waals surface area contributed by atoms with Gasteiger partial charge in [-0.2, -0.15) is 5.26 Å². The van der Waals surface area contributed by atoms with Gasteiger partial charge in [0.25, 0.3) is 0 Å². The van der Waals surface area contributed by atoms with Crippen LogP contribution in [0, 0.1) is 11.3 Å². The highest BCUT2D eigenvalue weighted by molar-refractivity contribution is 6.14. The van der Waals surface area contributed by atoms with Crippen LogP contribution in [0.15, 0.2) is 48.0 Å². The van der Waals surface area contributed by atoms with Crippen LogP contribution in [0.4, 0.5) is 0 Å². The maximum Gasteiger partial charge on any atom is 0.203 e. The molecule has 2 aromatic carbocycles. The Kier molecular flexibility index (Phi) is 4.85. The molecule has 0 saturated carbocycles. The first-order valence-electron chi connectivity index (χ1n) is 8.30. The van der Waals surface area contributed by atoms with Crippen molar-refractivity contribution >= 4 is 11.9 Å². The predicted octanol–water partition coefficient (Wildman–Crippen LogP) is 4.20. The number of nitriles is 1. The lowest BCUT2D eigenvalue weighted by Crippen LogP contribution is -2.05. The summed E-state index contributed by atoms with van der Waals surface area (Å²) in [5, 5.41) is 9.46. The van der Waals surface area contributed by atoms with Crippen LogP contribution >= 0.6 is 0 Å². The molecular formula is C21H19NO3. The maximum atomic E-state index is 12.6. The molecule has 0 aliphatic carbocycles. The highest BCUT2D eigenvalue weighted by atomic mass is 16.5. The second-order valence-electron chi connectivity index (χ2n) is 5.93. The molecule has 0 bridgehead atoms. The van der Waals surface area contributed by atoms with Crippen LogP contribution in [0.5, 0.6) is 11.5 Å². The van der Waals surface area contributed by atoms with Gasteiger partial charge in [0.2, 0.25) is 5.78 Å². The highest BCUT2D eigenvalue weighted by Gasteiger charge is 2.22. The second-order valence-corrected chi connectivity index (χ2v) is 5.93. The summed E-state index contributed by atoms with van der Waals surface area (Å²) in [6.07, 6.45) is 2.52. The Bertz CT molecular complexity index is 863. The zero-order valence-electron chi connectivity index (χ0n) is 14.3. The Labute approximate surface area is 147 Å². The van der Waals surface area contributed by atoms with E-state index < -0.39 is 0 Å². The number of carbonyl (C=O) groups is 1. The third kappa shape index (κ3) is 3.56. The Morgan fingerprint density at radius 1 is 1.36 bits per heavy atom. The van der Waals surface area contributed by atoms with Crippen LogP contribution in [0.1, 0.15) is 35.3 Å². The van der Waals surface area contributed by atoms with Gasteiger partial charge in [0.05, 0.1) is 6.61 Å². The highest BCUT2D eigenvalue weighted by Crippen LogP contribution is 2.36. The van der Waals surface area contributed by atoms with Gasteiger partial charge in [-0.3, -0.25) is 4.79 Å². The normalized spacial score (nSPS) is 15.9. The quantitative estimate of drug-likeness (QED) is 0.467. The molecule has 1 heterocycles. The van der Waals surface area contributed by atoms with E-state index in [0.717, 1.165) is 17.7 Å². The maximum absolute atomic E-state index is 12.6. The number of rotatable bonds is 5. The molecule has 1 atom stereocenters. The first-order chi connectivity index (χ1) is 12.1. The molecule has 0 N–H and O–H groups in total. The molecule has 25 heavy (non-hydrogen) atoms. The standard InChI is InChI=1S/C21H19NO3/c1-3-24-19-11-16-9-14(2)25-20(16)12-17(19)10-18(13-22)21(23)15-7-5-4-6-8-15/h4-8,10-12,14H,3,9H2,1-2H3/b18-10+/t14-/m1/s1. The van der Waals surface area contributed by atoms with E-state index >= 15 is 0 Å². The summed E-state index contributed by atoms with van der Waals surface area (Å²) in [6, 6.07) is 14.6. The summed E-state index contributed by atoms with van der Waals surface area (Å²) in [4.78, 5) is 12.6. The van der Waals surface area contributed by atoms with E-state index in [-0.39, 0.29) is 17.5 Å². The summed E-state index contributed by atoms with van der Waals surface area (Å²) < 4.78 is 11.5. The van der Waals surface area contributed by atoms with Crippen LogP contribution < -0.4 is 9.47 Å². The van der Waals surface area contributed by atoms with E-state index in [1.807, 2.05) is 38.1 Å². The number of carbonyl (C=O) groups excluding carboxylic acids is 1. The predicted molar refractivity (Wildman–Crippen MR) is 95.8 cm³/mol. The van der Waals surface area contributed by atoms with Crippen molar-refractivity contribution in [1.29, 1.82) is 5.26 Å². The Hall–Kier alpha value is -3.06. The van der Waals surface area contributed by atoms with E-state index in [2.05, 4.69) is 0 Å². The van der Waals surface area contributed by atoms with Crippen LogP contribution in [-0.2, 0) is 6.42 Å². The number of ketones is 1. The van der Waals surface area contributed by atoms with Gasteiger partial charge < -0.3 is 9.47 Å². The molecule has 126 valence electrons. The molecule has 1 aliphatic rings. The molecule has 4 nitrogen and oxygen atoms in total. The largest absolute Gasteiger partial charge is 0.493 e. The number of allylic oxidation sites excluding steroid dienone is 1. The van der Waals surface area contributed by atoms with Gasteiger partial charge in [0.15, 0.2) is 0 Å². The number of Topliss-reactive ketones (excluding diaryl/α,β-unsaturated/α-hetero) is 1. The molecule has 4 heteroatoms. The van der Waals surface area contributed by atoms with Crippen molar-refractivity contribution in [2.75, 3.05) is 6.61 Å². The van der Waals surface area contributed by atoms with Gasteiger partial charge >= 0.3 is 0 Å². The van der Waals surface area contributed by atoms with Crippen molar-refractivity contribution in [3.8, 4) is 17.6 Å². The summed E-state index contributed by atoms with van der Waals surface area (Å²) in [6.45, 7) is 4.42. The van der Waals surface area contributed by atoms with Crippen LogP contribution in [0.25, 0.3) is 6.08 Å². The number of ether oxygens (including phenoxy) is 2. The van der Waals surface area contributed by atoms with Crippen molar-refractivity contribution < 1.29 is 14.3 Å². The van der Waals surface area contributed by atoms with E-state index in [1.54, 1.807) is 30.3 Å². The zero-order valence-corrected chi connectivity index (χ0v) is 14.3. The smallest absolute Gasteiger partial charge is 0.203 e. The average molecular weight is 333 g/mol. The fourth-order valence-electron chi connectivity index (χ4n) is 2.90. The topological polar surface area (TPSA) is 59.3 Å². The molecular weight excluding hydrogens is 314 g/mol. The van der Waals surface area contributed by atoms with Crippen molar-refractivity contribution in [3.63, 3.8) is 0 Å². The summed E-state index contributed by atoms with van der Waals surface area (Å²) >= 11 is 0. The average Bonchev–Trinajstić information content (AvgIpc) is 2.99. The van der Waals surface area contributed by atoms with E-state index in [0.29, 0.717) is 23.5 Å². The first-order valence-corrected chi connectivity index (χ1v) is 8.30. The minimum Gasteiger partial charge on any atom is -0.493 e. The van der Waals surface area contributed by atoms with Gasteiger partial charge in [-0.05, 0) is 32.1 Å². The minimum atomic E-state index is -0.305. The monoisotopic (exact) mass is 333 g/mol. The molecule has 2 aromatic rings. The molecule has 0 radical (unpaired) electrons. The van der Waals surface area contributed by atoms with E-state index in [4.69, 9.17) is 9.47 Å². The van der Waals surface area contributed by atoms with Crippen LogP contribution in [-0.4, -0.2) is 18.5 Å².